The van der Waals surface area contributed by atoms with Crippen LogP contribution in [0.2, 0.25) is 5.02 Å². The maximum Gasteiger partial charge on any atom is 0.341 e. The Hall–Kier alpha value is -4.25. The van der Waals surface area contributed by atoms with Crippen LogP contribution in [0.3, 0.4) is 0 Å². The van der Waals surface area contributed by atoms with E-state index in [0.717, 1.165) is 31.7 Å². The van der Waals surface area contributed by atoms with E-state index in [9.17, 15) is 14.4 Å². The molecule has 0 saturated heterocycles. The zero-order chi connectivity index (χ0) is 30.5. The fourth-order valence-corrected chi connectivity index (χ4v) is 4.25. The minimum Gasteiger partial charge on any atom is -0.482 e. The summed E-state index contributed by atoms with van der Waals surface area (Å²) < 4.78 is 5.10. The Bertz CT molecular complexity index is 1390. The molecule has 3 rings (SSSR count). The van der Waals surface area contributed by atoms with Crippen LogP contribution in [0.5, 0.6) is 5.75 Å². The van der Waals surface area contributed by atoms with Gasteiger partial charge >= 0.3 is 5.97 Å². The molecule has 0 unspecified atom stereocenters. The topological polar surface area (TPSA) is 124 Å². The Balaban J connectivity index is 1.63. The van der Waals surface area contributed by atoms with Crippen molar-refractivity contribution in [2.45, 2.75) is 20.4 Å². The van der Waals surface area contributed by atoms with Crippen molar-refractivity contribution in [3.8, 4) is 5.75 Å². The van der Waals surface area contributed by atoms with Crippen LogP contribution in [0.4, 0.5) is 5.69 Å². The molecule has 3 aromatic carbocycles. The molecule has 0 atom stereocenters. The number of anilines is 1. The fourth-order valence-electron chi connectivity index (χ4n) is 4.08. The highest BCUT2D eigenvalue weighted by Crippen LogP contribution is 2.22. The van der Waals surface area contributed by atoms with Crippen LogP contribution in [-0.4, -0.2) is 78.7 Å². The van der Waals surface area contributed by atoms with Gasteiger partial charge in [-0.3, -0.25) is 9.59 Å². The van der Waals surface area contributed by atoms with Crippen LogP contribution >= 0.6 is 11.6 Å². The Morgan fingerprint density at radius 1 is 0.976 bits per heavy atom. The first-order valence-corrected chi connectivity index (χ1v) is 13.9. The summed E-state index contributed by atoms with van der Waals surface area (Å²) in [5.41, 5.74) is 5.02. The van der Waals surface area contributed by atoms with E-state index in [1.165, 1.54) is 12.3 Å². The normalized spacial score (nSPS) is 11.2. The number of benzene rings is 3. The van der Waals surface area contributed by atoms with Gasteiger partial charge in [0.1, 0.15) is 5.75 Å². The van der Waals surface area contributed by atoms with Crippen LogP contribution in [0.25, 0.3) is 0 Å². The predicted octanol–water partition coefficient (Wildman–Crippen LogP) is 4.59. The van der Waals surface area contributed by atoms with Gasteiger partial charge in [0, 0.05) is 30.2 Å². The largest absolute Gasteiger partial charge is 0.482 e. The highest BCUT2D eigenvalue weighted by atomic mass is 35.5. The number of carboxylic acids is 1. The van der Waals surface area contributed by atoms with E-state index < -0.39 is 18.5 Å². The molecular weight excluding hydrogens is 558 g/mol. The van der Waals surface area contributed by atoms with Crippen molar-refractivity contribution in [3.63, 3.8) is 0 Å². The molecule has 0 aliphatic heterocycles. The van der Waals surface area contributed by atoms with E-state index in [1.54, 1.807) is 42.5 Å². The Kier molecular flexibility index (Phi) is 12.5. The second-order valence-electron chi connectivity index (χ2n) is 9.56. The molecule has 42 heavy (non-hydrogen) atoms. The molecule has 0 fully saturated rings. The van der Waals surface area contributed by atoms with Gasteiger partial charge in [0.05, 0.1) is 17.5 Å². The van der Waals surface area contributed by atoms with Gasteiger partial charge in [-0.1, -0.05) is 37.6 Å². The van der Waals surface area contributed by atoms with E-state index in [-0.39, 0.29) is 11.5 Å². The van der Waals surface area contributed by atoms with Gasteiger partial charge in [-0.05, 0) is 85.9 Å². The summed E-state index contributed by atoms with van der Waals surface area (Å²) in [6.45, 7) is 8.48. The van der Waals surface area contributed by atoms with Crippen molar-refractivity contribution in [1.82, 2.24) is 15.2 Å². The van der Waals surface area contributed by atoms with Gasteiger partial charge < -0.3 is 25.0 Å². The first-order chi connectivity index (χ1) is 20.2. The molecule has 3 aromatic rings. The summed E-state index contributed by atoms with van der Waals surface area (Å²) in [7, 11) is 2.06. The molecule has 0 bridgehead atoms. The Labute approximate surface area is 250 Å². The number of aliphatic carboxylic acids is 1. The van der Waals surface area contributed by atoms with E-state index in [1.807, 2.05) is 18.2 Å². The minimum atomic E-state index is -1.07. The number of likely N-dealkylation sites (N-methyl/N-ethyl adjacent to an activating group) is 2. The summed E-state index contributed by atoms with van der Waals surface area (Å²) in [5, 5.41) is 15.8. The second kappa shape index (κ2) is 16.3. The number of halogens is 1. The SMILES string of the molecule is CCN(CC)CCN(C)Cc1cccc(C(=O)Nc2ccc(Cl)cc2C(=O)NN=Cc2ccc(OCC(=O)O)cc2)c1. The predicted molar refractivity (Wildman–Crippen MR) is 165 cm³/mol. The first-order valence-electron chi connectivity index (χ1n) is 13.6. The van der Waals surface area contributed by atoms with Crippen LogP contribution in [0.15, 0.2) is 71.8 Å². The third kappa shape index (κ3) is 10.3. The summed E-state index contributed by atoms with van der Waals surface area (Å²) in [5.74, 6) is -1.59. The van der Waals surface area contributed by atoms with Gasteiger partial charge in [-0.15, -0.1) is 0 Å². The molecule has 0 aliphatic rings. The lowest BCUT2D eigenvalue weighted by atomic mass is 10.1. The number of nitrogens with one attached hydrogen (secondary N) is 2. The number of hydrogen-bond acceptors (Lipinski definition) is 7. The van der Waals surface area contributed by atoms with Crippen LogP contribution < -0.4 is 15.5 Å². The standard InChI is InChI=1S/C31H36ClN5O5/c1-4-37(5-2)16-15-36(3)20-23-7-6-8-24(17-23)30(40)34-28-14-11-25(32)18-27(28)31(41)35-33-19-22-9-12-26(13-10-22)42-21-29(38)39/h6-14,17-19H,4-5,15-16,20-21H2,1-3H3,(H,34,40)(H,35,41)(H,38,39). The van der Waals surface area contributed by atoms with Crippen LogP contribution in [-0.2, 0) is 11.3 Å². The van der Waals surface area contributed by atoms with Gasteiger partial charge in [0.25, 0.3) is 11.8 Å². The molecule has 0 radical (unpaired) electrons. The molecule has 10 nitrogen and oxygen atoms in total. The molecule has 0 spiro atoms. The highest BCUT2D eigenvalue weighted by Gasteiger charge is 2.16. The first kappa shape index (κ1) is 32.3. The molecule has 0 heterocycles. The smallest absolute Gasteiger partial charge is 0.341 e. The zero-order valence-corrected chi connectivity index (χ0v) is 24.7. The number of ether oxygens (including phenoxy) is 1. The van der Waals surface area contributed by atoms with Gasteiger partial charge in [-0.2, -0.15) is 5.10 Å². The summed E-state index contributed by atoms with van der Waals surface area (Å²) in [6, 6.07) is 18.5. The van der Waals surface area contributed by atoms with Crippen molar-refractivity contribution in [2.24, 2.45) is 5.10 Å². The lowest BCUT2D eigenvalue weighted by Gasteiger charge is -2.23. The van der Waals surface area contributed by atoms with Crippen molar-refractivity contribution in [1.29, 1.82) is 0 Å². The van der Waals surface area contributed by atoms with Gasteiger partial charge in [0.2, 0.25) is 0 Å². The maximum atomic E-state index is 13.1. The number of rotatable bonds is 15. The van der Waals surface area contributed by atoms with Crippen molar-refractivity contribution in [2.75, 3.05) is 45.2 Å². The fraction of sp³-hybridized carbons (Fsp3) is 0.290. The van der Waals surface area contributed by atoms with E-state index in [0.29, 0.717) is 34.1 Å². The van der Waals surface area contributed by atoms with Gasteiger partial charge in [0.15, 0.2) is 6.61 Å². The number of carbonyl (C=O) groups excluding carboxylic acids is 2. The molecule has 0 aliphatic carbocycles. The quantitative estimate of drug-likeness (QED) is 0.174. The number of amides is 2. The van der Waals surface area contributed by atoms with Crippen LogP contribution in [0.1, 0.15) is 45.7 Å². The lowest BCUT2D eigenvalue weighted by Crippen LogP contribution is -2.32. The van der Waals surface area contributed by atoms with Crippen molar-refractivity contribution < 1.29 is 24.2 Å². The van der Waals surface area contributed by atoms with Gasteiger partial charge in [-0.25, -0.2) is 10.2 Å². The minimum absolute atomic E-state index is 0.151. The monoisotopic (exact) mass is 593 g/mol. The number of nitrogens with zero attached hydrogens (tertiary/aromatic N) is 3. The zero-order valence-electron chi connectivity index (χ0n) is 24.0. The average Bonchev–Trinajstić information content (AvgIpc) is 2.98. The number of carboxylic acid groups (broad SMARTS) is 1. The second-order valence-corrected chi connectivity index (χ2v) is 10.00. The third-order valence-corrected chi connectivity index (χ3v) is 6.67. The van der Waals surface area contributed by atoms with Crippen LogP contribution in [0, 0.1) is 0 Å². The molecule has 3 N–H and O–H groups in total. The number of carbonyl (C=O) groups is 3. The van der Waals surface area contributed by atoms with E-state index >= 15 is 0 Å². The Morgan fingerprint density at radius 3 is 2.40 bits per heavy atom. The maximum absolute atomic E-state index is 13.1. The van der Waals surface area contributed by atoms with E-state index in [4.69, 9.17) is 21.4 Å². The number of hydrogen-bond donors (Lipinski definition) is 3. The van der Waals surface area contributed by atoms with Crippen molar-refractivity contribution >= 4 is 41.3 Å². The summed E-state index contributed by atoms with van der Waals surface area (Å²) >= 11 is 6.15. The number of hydrazone groups is 1. The molecule has 0 aromatic heterocycles. The molecular formula is C31H36ClN5O5. The third-order valence-electron chi connectivity index (χ3n) is 6.43. The molecule has 0 saturated carbocycles. The van der Waals surface area contributed by atoms with Crippen molar-refractivity contribution in [3.05, 3.63) is 94.0 Å². The average molecular weight is 594 g/mol. The molecule has 2 amide bonds. The molecule has 11 heteroatoms. The summed E-state index contributed by atoms with van der Waals surface area (Å²) in [4.78, 5) is 41.3. The highest BCUT2D eigenvalue weighted by molar-refractivity contribution is 6.31. The molecule has 222 valence electrons. The lowest BCUT2D eigenvalue weighted by molar-refractivity contribution is -0.139. The van der Waals surface area contributed by atoms with E-state index in [2.05, 4.69) is 46.5 Å². The summed E-state index contributed by atoms with van der Waals surface area (Å²) in [6.07, 6.45) is 1.42. The Morgan fingerprint density at radius 2 is 1.71 bits per heavy atom.